The third-order valence-corrected chi connectivity index (χ3v) is 6.42. The fourth-order valence-corrected chi connectivity index (χ4v) is 4.91. The summed E-state index contributed by atoms with van der Waals surface area (Å²) in [5, 5.41) is 0. The van der Waals surface area contributed by atoms with Crippen molar-refractivity contribution < 1.29 is 4.74 Å². The van der Waals surface area contributed by atoms with E-state index in [1.807, 2.05) is 0 Å². The smallest absolute Gasteiger partial charge is 0.146 e. The minimum absolute atomic E-state index is 0.210. The number of hydrogen-bond donors (Lipinski definition) is 0. The Morgan fingerprint density at radius 2 is 1.75 bits per heavy atom. The van der Waals surface area contributed by atoms with Crippen molar-refractivity contribution in [3.63, 3.8) is 0 Å². The van der Waals surface area contributed by atoms with E-state index in [4.69, 9.17) is 4.74 Å². The highest BCUT2D eigenvalue weighted by atomic mass is 16.6. The lowest BCUT2D eigenvalue weighted by Gasteiger charge is -2.31. The van der Waals surface area contributed by atoms with Gasteiger partial charge in [-0.2, -0.15) is 0 Å². The Bertz CT molecular complexity index is 707. The van der Waals surface area contributed by atoms with Gasteiger partial charge in [0.15, 0.2) is 0 Å². The molecule has 1 fully saturated rings. The zero-order valence-corrected chi connectivity index (χ0v) is 14.9. The maximum Gasteiger partial charge on any atom is 0.146 e. The highest BCUT2D eigenvalue weighted by Crippen LogP contribution is 2.64. The Morgan fingerprint density at radius 3 is 2.50 bits per heavy atom. The van der Waals surface area contributed by atoms with Crippen molar-refractivity contribution in [1.29, 1.82) is 0 Å². The van der Waals surface area contributed by atoms with Crippen molar-refractivity contribution >= 4 is 0 Å². The van der Waals surface area contributed by atoms with Crippen LogP contribution in [-0.4, -0.2) is 6.10 Å². The van der Waals surface area contributed by atoms with Crippen LogP contribution in [0.3, 0.4) is 0 Å². The van der Waals surface area contributed by atoms with Gasteiger partial charge in [-0.05, 0) is 42.4 Å². The van der Waals surface area contributed by atoms with Crippen molar-refractivity contribution in [3.05, 3.63) is 71.3 Å². The molecule has 1 aliphatic carbocycles. The molecule has 1 heterocycles. The summed E-state index contributed by atoms with van der Waals surface area (Å²) in [5.74, 6) is 0. The molecule has 0 amide bonds. The van der Waals surface area contributed by atoms with Crippen LogP contribution >= 0.6 is 0 Å². The summed E-state index contributed by atoms with van der Waals surface area (Å²) < 4.78 is 6.66. The number of ether oxygens (including phenoxy) is 1. The molecular formula is C23H28O. The number of fused-ring (bicyclic) bond motifs is 3. The lowest BCUT2D eigenvalue weighted by atomic mass is 9.70. The van der Waals surface area contributed by atoms with E-state index >= 15 is 0 Å². The minimum atomic E-state index is -0.210. The van der Waals surface area contributed by atoms with Crippen molar-refractivity contribution in [2.75, 3.05) is 0 Å². The summed E-state index contributed by atoms with van der Waals surface area (Å²) >= 11 is 0. The highest BCUT2D eigenvalue weighted by Gasteiger charge is 2.67. The quantitative estimate of drug-likeness (QED) is 0.628. The zero-order valence-electron chi connectivity index (χ0n) is 14.9. The molecule has 4 rings (SSSR count). The molecule has 126 valence electrons. The Morgan fingerprint density at radius 1 is 1.00 bits per heavy atom. The van der Waals surface area contributed by atoms with Crippen LogP contribution < -0.4 is 0 Å². The van der Waals surface area contributed by atoms with Crippen molar-refractivity contribution in [1.82, 2.24) is 0 Å². The average molecular weight is 320 g/mol. The Hall–Kier alpha value is -1.60. The summed E-state index contributed by atoms with van der Waals surface area (Å²) in [5.41, 5.74) is 4.32. The van der Waals surface area contributed by atoms with Gasteiger partial charge in [-0.3, -0.25) is 0 Å². The average Bonchev–Trinajstić information content (AvgIpc) is 3.41. The molecule has 0 bridgehead atoms. The Labute approximate surface area is 146 Å². The molecule has 1 heteroatoms. The monoisotopic (exact) mass is 320 g/mol. The van der Waals surface area contributed by atoms with Gasteiger partial charge in [0.25, 0.3) is 0 Å². The summed E-state index contributed by atoms with van der Waals surface area (Å²) in [7, 11) is 0. The molecule has 0 N–H and O–H groups in total. The molecule has 0 unspecified atom stereocenters. The highest BCUT2D eigenvalue weighted by molar-refractivity contribution is 5.49. The predicted molar refractivity (Wildman–Crippen MR) is 99.1 cm³/mol. The normalized spacial score (nSPS) is 31.0. The van der Waals surface area contributed by atoms with Crippen molar-refractivity contribution in [2.45, 2.75) is 64.1 Å². The molecule has 0 radical (unpaired) electrons. The van der Waals surface area contributed by atoms with Gasteiger partial charge in [-0.15, -0.1) is 0 Å². The van der Waals surface area contributed by atoms with Gasteiger partial charge < -0.3 is 4.74 Å². The lowest BCUT2D eigenvalue weighted by Crippen LogP contribution is -2.31. The second kappa shape index (κ2) is 6.04. The van der Waals surface area contributed by atoms with Crippen LogP contribution in [0.2, 0.25) is 0 Å². The summed E-state index contributed by atoms with van der Waals surface area (Å²) in [6.45, 7) is 4.66. The van der Waals surface area contributed by atoms with Crippen molar-refractivity contribution in [2.24, 2.45) is 5.41 Å². The van der Waals surface area contributed by atoms with Crippen LogP contribution in [0, 0.1) is 5.41 Å². The maximum absolute atomic E-state index is 6.66. The molecular weight excluding hydrogens is 292 g/mol. The van der Waals surface area contributed by atoms with Gasteiger partial charge >= 0.3 is 0 Å². The fourth-order valence-electron chi connectivity index (χ4n) is 4.91. The van der Waals surface area contributed by atoms with Gasteiger partial charge in [0.05, 0.1) is 0 Å². The van der Waals surface area contributed by atoms with Gasteiger partial charge in [-0.1, -0.05) is 81.3 Å². The molecule has 0 spiro atoms. The molecule has 2 aliphatic rings. The van der Waals surface area contributed by atoms with Gasteiger partial charge in [0.1, 0.15) is 11.7 Å². The van der Waals surface area contributed by atoms with E-state index in [0.29, 0.717) is 11.5 Å². The molecule has 2 aromatic carbocycles. The van der Waals surface area contributed by atoms with E-state index in [1.54, 1.807) is 0 Å². The number of hydrogen-bond acceptors (Lipinski definition) is 1. The van der Waals surface area contributed by atoms with Gasteiger partial charge in [-0.25, -0.2) is 0 Å². The first-order valence-corrected chi connectivity index (χ1v) is 9.58. The minimum Gasteiger partial charge on any atom is -0.355 e. The summed E-state index contributed by atoms with van der Waals surface area (Å²) in [6, 6.07) is 19.9. The molecule has 1 saturated heterocycles. The first-order valence-electron chi connectivity index (χ1n) is 9.58. The number of epoxide rings is 1. The zero-order chi connectivity index (χ0) is 16.6. The van der Waals surface area contributed by atoms with Crippen LogP contribution in [-0.2, 0) is 16.8 Å². The van der Waals surface area contributed by atoms with E-state index in [2.05, 4.69) is 68.4 Å². The van der Waals surface area contributed by atoms with E-state index in [0.717, 1.165) is 0 Å². The number of aryl methyl sites for hydroxylation is 1. The van der Waals surface area contributed by atoms with Crippen LogP contribution in [0.15, 0.2) is 54.6 Å². The van der Waals surface area contributed by atoms with E-state index in [-0.39, 0.29) is 5.60 Å². The molecule has 1 nitrogen and oxygen atoms in total. The topological polar surface area (TPSA) is 12.5 Å². The molecule has 0 saturated carbocycles. The van der Waals surface area contributed by atoms with Crippen LogP contribution in [0.4, 0.5) is 0 Å². The number of benzene rings is 2. The van der Waals surface area contributed by atoms with Crippen LogP contribution in [0.25, 0.3) is 0 Å². The fraction of sp³-hybridized carbons (Fsp3) is 0.478. The third-order valence-electron chi connectivity index (χ3n) is 6.42. The molecule has 1 aliphatic heterocycles. The van der Waals surface area contributed by atoms with Crippen molar-refractivity contribution in [3.8, 4) is 0 Å². The summed E-state index contributed by atoms with van der Waals surface area (Å²) in [4.78, 5) is 0. The van der Waals surface area contributed by atoms with E-state index < -0.39 is 0 Å². The van der Waals surface area contributed by atoms with E-state index in [9.17, 15) is 0 Å². The Kier molecular flexibility index (Phi) is 4.00. The second-order valence-corrected chi connectivity index (χ2v) is 7.58. The molecule has 24 heavy (non-hydrogen) atoms. The molecule has 0 aromatic heterocycles. The van der Waals surface area contributed by atoms with Crippen LogP contribution in [0.5, 0.6) is 0 Å². The largest absolute Gasteiger partial charge is 0.355 e. The predicted octanol–water partition coefficient (Wildman–Crippen LogP) is 5.86. The standard InChI is InChI=1S/C23H28O/c1-3-5-16-22(4-2)17-15-18-11-9-10-14-20(18)23(21(22)24-23)19-12-7-6-8-13-19/h6-14,21H,3-5,15-17H2,1-2H3/t21-,22+,23+/m0/s1. The van der Waals surface area contributed by atoms with Crippen LogP contribution in [0.1, 0.15) is 62.6 Å². The number of unbranched alkanes of at least 4 members (excludes halogenated alkanes) is 1. The van der Waals surface area contributed by atoms with Gasteiger partial charge in [0.2, 0.25) is 0 Å². The molecule has 2 aromatic rings. The second-order valence-electron chi connectivity index (χ2n) is 7.58. The molecule has 3 atom stereocenters. The Balaban J connectivity index is 1.84. The third kappa shape index (κ3) is 2.25. The first kappa shape index (κ1) is 15.9. The van der Waals surface area contributed by atoms with E-state index in [1.165, 1.54) is 55.2 Å². The maximum atomic E-state index is 6.66. The summed E-state index contributed by atoms with van der Waals surface area (Å²) in [6.07, 6.45) is 7.82. The SMILES string of the molecule is CCCC[C@]1(CC)CCc2ccccc2[C@@]2(c3ccccc3)O[C@@H]12. The first-order chi connectivity index (χ1) is 11.8. The lowest BCUT2D eigenvalue weighted by molar-refractivity contribution is 0.152. The number of rotatable bonds is 5. The van der Waals surface area contributed by atoms with Gasteiger partial charge in [0, 0.05) is 5.41 Å².